The number of aryl methyl sites for hydroxylation is 2. The summed E-state index contributed by atoms with van der Waals surface area (Å²) in [5.41, 5.74) is 4.02. The summed E-state index contributed by atoms with van der Waals surface area (Å²) in [6.07, 6.45) is 13.3. The van der Waals surface area contributed by atoms with Crippen molar-refractivity contribution in [3.63, 3.8) is 0 Å². The van der Waals surface area contributed by atoms with Gasteiger partial charge in [0.1, 0.15) is 0 Å². The molecule has 1 heterocycles. The standard InChI is InChI=1S/C27H37NO3/c1-20-7-6-9-21(15-20)8-2-3-10-24-25-17-22(16-23(25)18-26(24)29)19-31-14-11-27(30)28-12-4-5-13-28/h3,6-7,9-10,15-16,23-26,29H,2,4-5,8,11-14,17-19H2,1H3/b10-3+/t23-,24+,25-,26+/m0/s1. The first-order valence-electron chi connectivity index (χ1n) is 12.1. The number of amides is 1. The van der Waals surface area contributed by atoms with Crippen LogP contribution in [0.3, 0.4) is 0 Å². The van der Waals surface area contributed by atoms with Crippen LogP contribution in [0, 0.1) is 24.7 Å². The highest BCUT2D eigenvalue weighted by Crippen LogP contribution is 2.47. The highest BCUT2D eigenvalue weighted by molar-refractivity contribution is 5.76. The highest BCUT2D eigenvalue weighted by atomic mass is 16.5. The van der Waals surface area contributed by atoms with Crippen LogP contribution in [0.1, 0.15) is 49.7 Å². The Balaban J connectivity index is 1.18. The zero-order chi connectivity index (χ0) is 21.6. The van der Waals surface area contributed by atoms with E-state index in [2.05, 4.69) is 49.4 Å². The van der Waals surface area contributed by atoms with E-state index in [1.807, 2.05) is 4.90 Å². The molecule has 0 unspecified atom stereocenters. The van der Waals surface area contributed by atoms with Crippen molar-refractivity contribution in [1.29, 1.82) is 0 Å². The minimum atomic E-state index is -0.234. The Morgan fingerprint density at radius 2 is 2.13 bits per heavy atom. The van der Waals surface area contributed by atoms with Crippen molar-refractivity contribution in [2.45, 2.75) is 58.0 Å². The van der Waals surface area contributed by atoms with Gasteiger partial charge in [0, 0.05) is 19.0 Å². The molecule has 0 aromatic heterocycles. The fourth-order valence-corrected chi connectivity index (χ4v) is 5.57. The molecule has 1 N–H and O–H groups in total. The van der Waals surface area contributed by atoms with Crippen molar-refractivity contribution in [2.24, 2.45) is 17.8 Å². The lowest BCUT2D eigenvalue weighted by Gasteiger charge is -2.18. The van der Waals surface area contributed by atoms with E-state index in [0.717, 1.165) is 51.6 Å². The largest absolute Gasteiger partial charge is 0.392 e. The molecule has 0 bridgehead atoms. The molecule has 1 saturated carbocycles. The fraction of sp³-hybridized carbons (Fsp3) is 0.593. The van der Waals surface area contributed by atoms with Crippen LogP contribution >= 0.6 is 0 Å². The van der Waals surface area contributed by atoms with Crippen molar-refractivity contribution >= 4 is 5.91 Å². The second-order valence-electron chi connectivity index (χ2n) is 9.58. The molecule has 1 aliphatic heterocycles. The van der Waals surface area contributed by atoms with Gasteiger partial charge in [0.25, 0.3) is 0 Å². The molecule has 2 aliphatic carbocycles. The van der Waals surface area contributed by atoms with Gasteiger partial charge in [0.05, 0.1) is 25.7 Å². The van der Waals surface area contributed by atoms with Gasteiger partial charge in [-0.1, -0.05) is 48.1 Å². The molecular weight excluding hydrogens is 386 g/mol. The van der Waals surface area contributed by atoms with Gasteiger partial charge in [0.2, 0.25) is 5.91 Å². The summed E-state index contributed by atoms with van der Waals surface area (Å²) >= 11 is 0. The average Bonchev–Trinajstić information content (AvgIpc) is 3.46. The van der Waals surface area contributed by atoms with Crippen LogP contribution in [0.4, 0.5) is 0 Å². The Kier molecular flexibility index (Phi) is 7.62. The van der Waals surface area contributed by atoms with Crippen LogP contribution in [0.2, 0.25) is 0 Å². The molecule has 4 rings (SSSR count). The van der Waals surface area contributed by atoms with Crippen LogP contribution < -0.4 is 0 Å². The van der Waals surface area contributed by atoms with E-state index < -0.39 is 0 Å². The third-order valence-electron chi connectivity index (χ3n) is 7.20. The number of hydrogen-bond acceptors (Lipinski definition) is 3. The Labute approximate surface area is 187 Å². The van der Waals surface area contributed by atoms with Crippen molar-refractivity contribution in [3.8, 4) is 0 Å². The molecule has 1 amide bonds. The van der Waals surface area contributed by atoms with Crippen LogP contribution in [-0.4, -0.2) is 48.3 Å². The predicted molar refractivity (Wildman–Crippen MR) is 124 cm³/mol. The Morgan fingerprint density at radius 1 is 1.29 bits per heavy atom. The summed E-state index contributed by atoms with van der Waals surface area (Å²) in [5.74, 6) is 1.43. The number of aliphatic hydroxyl groups is 1. The Hall–Kier alpha value is -1.91. The van der Waals surface area contributed by atoms with Gasteiger partial charge in [-0.25, -0.2) is 0 Å². The molecule has 4 atom stereocenters. The van der Waals surface area contributed by atoms with E-state index in [4.69, 9.17) is 4.74 Å². The predicted octanol–water partition coefficient (Wildman–Crippen LogP) is 4.46. The third-order valence-corrected chi connectivity index (χ3v) is 7.20. The van der Waals surface area contributed by atoms with Crippen molar-refractivity contribution in [1.82, 2.24) is 4.90 Å². The van der Waals surface area contributed by atoms with Gasteiger partial charge in [-0.3, -0.25) is 4.79 Å². The van der Waals surface area contributed by atoms with Gasteiger partial charge in [-0.2, -0.15) is 0 Å². The molecular formula is C27H37NO3. The topological polar surface area (TPSA) is 49.8 Å². The Morgan fingerprint density at radius 3 is 2.94 bits per heavy atom. The van der Waals surface area contributed by atoms with Crippen LogP contribution in [0.5, 0.6) is 0 Å². The number of nitrogens with zero attached hydrogens (tertiary/aromatic N) is 1. The highest BCUT2D eigenvalue weighted by Gasteiger charge is 2.43. The SMILES string of the molecule is Cc1cccc(CC/C=C/[C@@H]2[C@H]3CC(COCCC(=O)N4CCCC4)=C[C@H]3C[C@H]2O)c1. The number of rotatable bonds is 9. The molecule has 1 aromatic carbocycles. The van der Waals surface area contributed by atoms with E-state index >= 15 is 0 Å². The molecule has 1 saturated heterocycles. The van der Waals surface area contributed by atoms with Crippen molar-refractivity contribution in [3.05, 3.63) is 59.2 Å². The van der Waals surface area contributed by atoms with Gasteiger partial charge in [-0.05, 0) is 68.4 Å². The molecule has 3 aliphatic rings. The first-order chi connectivity index (χ1) is 15.1. The lowest BCUT2D eigenvalue weighted by molar-refractivity contribution is -0.131. The van der Waals surface area contributed by atoms with E-state index in [1.165, 1.54) is 16.7 Å². The molecule has 0 spiro atoms. The van der Waals surface area contributed by atoms with E-state index in [1.54, 1.807) is 0 Å². The second-order valence-corrected chi connectivity index (χ2v) is 9.58. The minimum absolute atomic E-state index is 0.230. The first-order valence-corrected chi connectivity index (χ1v) is 12.1. The summed E-state index contributed by atoms with van der Waals surface area (Å²) in [5, 5.41) is 10.6. The third kappa shape index (κ3) is 5.87. The lowest BCUT2D eigenvalue weighted by Crippen LogP contribution is -2.28. The number of benzene rings is 1. The van der Waals surface area contributed by atoms with E-state index in [9.17, 15) is 9.90 Å². The smallest absolute Gasteiger partial charge is 0.224 e. The molecule has 4 heteroatoms. The fourth-order valence-electron chi connectivity index (χ4n) is 5.57. The van der Waals surface area contributed by atoms with Crippen molar-refractivity contribution < 1.29 is 14.6 Å². The maximum absolute atomic E-state index is 12.1. The van der Waals surface area contributed by atoms with Crippen LogP contribution in [-0.2, 0) is 16.0 Å². The van der Waals surface area contributed by atoms with Gasteiger partial charge in [0.15, 0.2) is 0 Å². The number of ether oxygens (including phenoxy) is 1. The maximum Gasteiger partial charge on any atom is 0.224 e. The van der Waals surface area contributed by atoms with E-state index in [-0.39, 0.29) is 17.9 Å². The van der Waals surface area contributed by atoms with Crippen LogP contribution in [0.25, 0.3) is 0 Å². The molecule has 4 nitrogen and oxygen atoms in total. The number of carbonyl (C=O) groups excluding carboxylic acids is 1. The lowest BCUT2D eigenvalue weighted by atomic mass is 9.89. The van der Waals surface area contributed by atoms with Gasteiger partial charge in [-0.15, -0.1) is 0 Å². The maximum atomic E-state index is 12.1. The number of aliphatic hydroxyl groups excluding tert-OH is 1. The summed E-state index contributed by atoms with van der Waals surface area (Å²) in [6.45, 7) is 5.09. The first kappa shape index (κ1) is 22.3. The Bertz CT molecular complexity index is 808. The average molecular weight is 424 g/mol. The minimum Gasteiger partial charge on any atom is -0.392 e. The molecule has 0 radical (unpaired) electrons. The van der Waals surface area contributed by atoms with Crippen LogP contribution in [0.15, 0.2) is 48.1 Å². The van der Waals surface area contributed by atoms with Gasteiger partial charge >= 0.3 is 0 Å². The number of likely N-dealkylation sites (tertiary alicyclic amines) is 1. The molecule has 1 aromatic rings. The number of fused-ring (bicyclic) bond motifs is 1. The van der Waals surface area contributed by atoms with E-state index in [0.29, 0.717) is 31.5 Å². The quantitative estimate of drug-likeness (QED) is 0.471. The number of hydrogen-bond donors (Lipinski definition) is 1. The zero-order valence-corrected chi connectivity index (χ0v) is 18.8. The summed E-state index contributed by atoms with van der Waals surface area (Å²) in [4.78, 5) is 14.1. The number of carbonyl (C=O) groups is 1. The zero-order valence-electron chi connectivity index (χ0n) is 18.8. The van der Waals surface area contributed by atoms with Gasteiger partial charge < -0.3 is 14.7 Å². The second kappa shape index (κ2) is 10.6. The molecule has 2 fully saturated rings. The monoisotopic (exact) mass is 423 g/mol. The van der Waals surface area contributed by atoms with Crippen molar-refractivity contribution in [2.75, 3.05) is 26.3 Å². The normalized spacial score (nSPS) is 27.8. The molecule has 168 valence electrons. The molecule has 31 heavy (non-hydrogen) atoms. The number of allylic oxidation sites excluding steroid dienone is 2. The summed E-state index contributed by atoms with van der Waals surface area (Å²) < 4.78 is 5.84. The summed E-state index contributed by atoms with van der Waals surface area (Å²) in [6, 6.07) is 8.69. The summed E-state index contributed by atoms with van der Waals surface area (Å²) in [7, 11) is 0.